The standard InChI is InChI=1S/C12H10ClN.C6H14N2O/c13-11-6-4-10(5-7-11)9-12-3-1-2-8-14-12;1-8-4-2-6(7-9)3-5-8/h1-8H,9H2;6-7,9H,2-5H2,1H3. The fourth-order valence-corrected chi connectivity index (χ4v) is 2.58. The Kier molecular flexibility index (Phi) is 7.49. The summed E-state index contributed by atoms with van der Waals surface area (Å²) < 4.78 is 0. The molecule has 23 heavy (non-hydrogen) atoms. The van der Waals surface area contributed by atoms with E-state index in [9.17, 15) is 0 Å². The number of hydroxylamine groups is 1. The first-order valence-electron chi connectivity index (χ1n) is 7.90. The van der Waals surface area contributed by atoms with E-state index in [1.807, 2.05) is 48.7 Å². The van der Waals surface area contributed by atoms with Crippen LogP contribution in [0, 0.1) is 0 Å². The average molecular weight is 334 g/mol. The molecule has 0 bridgehead atoms. The van der Waals surface area contributed by atoms with Crippen molar-refractivity contribution in [1.29, 1.82) is 0 Å². The molecule has 2 N–H and O–H groups in total. The maximum absolute atomic E-state index is 8.51. The number of benzene rings is 1. The Morgan fingerprint density at radius 2 is 1.87 bits per heavy atom. The van der Waals surface area contributed by atoms with E-state index in [1.54, 1.807) is 0 Å². The zero-order valence-electron chi connectivity index (χ0n) is 13.5. The molecule has 0 aliphatic carbocycles. The summed E-state index contributed by atoms with van der Waals surface area (Å²) in [5.41, 5.74) is 4.61. The van der Waals surface area contributed by atoms with Gasteiger partial charge < -0.3 is 10.1 Å². The molecule has 0 radical (unpaired) electrons. The normalized spacial score (nSPS) is 15.8. The van der Waals surface area contributed by atoms with Gasteiger partial charge in [-0.05, 0) is 62.8 Å². The van der Waals surface area contributed by atoms with Crippen LogP contribution in [0.15, 0.2) is 48.7 Å². The van der Waals surface area contributed by atoms with Crippen molar-refractivity contribution in [2.45, 2.75) is 25.3 Å². The molecule has 5 heteroatoms. The molecule has 1 aliphatic rings. The molecular formula is C18H24ClN3O. The van der Waals surface area contributed by atoms with Crippen LogP contribution in [0.3, 0.4) is 0 Å². The van der Waals surface area contributed by atoms with Crippen molar-refractivity contribution >= 4 is 11.6 Å². The van der Waals surface area contributed by atoms with E-state index in [1.165, 1.54) is 5.56 Å². The van der Waals surface area contributed by atoms with Gasteiger partial charge in [-0.3, -0.25) is 4.98 Å². The minimum atomic E-state index is 0.334. The molecular weight excluding hydrogens is 310 g/mol. The first-order valence-corrected chi connectivity index (χ1v) is 8.27. The minimum absolute atomic E-state index is 0.334. The highest BCUT2D eigenvalue weighted by Gasteiger charge is 2.14. The van der Waals surface area contributed by atoms with Crippen LogP contribution in [0.25, 0.3) is 0 Å². The molecule has 2 aromatic rings. The first-order chi connectivity index (χ1) is 11.2. The molecule has 3 rings (SSSR count). The Labute approximate surface area is 143 Å². The molecule has 0 unspecified atom stereocenters. The molecule has 2 heterocycles. The second-order valence-corrected chi connectivity index (χ2v) is 6.27. The molecule has 1 aromatic carbocycles. The number of nitrogens with one attached hydrogen (secondary N) is 1. The fraction of sp³-hybridized carbons (Fsp3) is 0.389. The topological polar surface area (TPSA) is 48.4 Å². The summed E-state index contributed by atoms with van der Waals surface area (Å²) in [5.74, 6) is 0. The highest BCUT2D eigenvalue weighted by molar-refractivity contribution is 6.30. The third kappa shape index (κ3) is 6.67. The molecule has 1 aliphatic heterocycles. The van der Waals surface area contributed by atoms with Crippen LogP contribution in [-0.4, -0.2) is 41.3 Å². The Balaban J connectivity index is 0.000000185. The molecule has 0 amide bonds. The summed E-state index contributed by atoms with van der Waals surface area (Å²) in [7, 11) is 2.10. The van der Waals surface area contributed by atoms with Crippen molar-refractivity contribution in [1.82, 2.24) is 15.4 Å². The van der Waals surface area contributed by atoms with Crippen LogP contribution < -0.4 is 5.48 Å². The number of rotatable bonds is 3. The average Bonchev–Trinajstić information content (AvgIpc) is 2.59. The monoisotopic (exact) mass is 333 g/mol. The van der Waals surface area contributed by atoms with E-state index < -0.39 is 0 Å². The third-order valence-corrected chi connectivity index (χ3v) is 4.18. The second kappa shape index (κ2) is 9.63. The van der Waals surface area contributed by atoms with E-state index >= 15 is 0 Å². The molecule has 124 valence electrons. The van der Waals surface area contributed by atoms with Gasteiger partial charge in [-0.25, -0.2) is 5.48 Å². The molecule has 0 atom stereocenters. The maximum atomic E-state index is 8.51. The van der Waals surface area contributed by atoms with Gasteiger partial charge in [0.1, 0.15) is 0 Å². The molecule has 1 saturated heterocycles. The van der Waals surface area contributed by atoms with Gasteiger partial charge in [-0.15, -0.1) is 0 Å². The molecule has 0 spiro atoms. The van der Waals surface area contributed by atoms with Crippen molar-refractivity contribution in [2.24, 2.45) is 0 Å². The van der Waals surface area contributed by atoms with Crippen LogP contribution in [0.5, 0.6) is 0 Å². The Morgan fingerprint density at radius 3 is 2.43 bits per heavy atom. The number of hydrogen-bond donors (Lipinski definition) is 2. The summed E-state index contributed by atoms with van der Waals surface area (Å²) >= 11 is 5.80. The van der Waals surface area contributed by atoms with E-state index in [2.05, 4.69) is 22.4 Å². The lowest BCUT2D eigenvalue weighted by Gasteiger charge is -2.27. The van der Waals surface area contributed by atoms with Gasteiger partial charge in [0.25, 0.3) is 0 Å². The summed E-state index contributed by atoms with van der Waals surface area (Å²) in [6, 6.07) is 14.1. The lowest BCUT2D eigenvalue weighted by atomic mass is 10.1. The minimum Gasteiger partial charge on any atom is -0.317 e. The van der Waals surface area contributed by atoms with Crippen molar-refractivity contribution < 1.29 is 5.21 Å². The Hall–Kier alpha value is -1.46. The Morgan fingerprint density at radius 1 is 1.17 bits per heavy atom. The van der Waals surface area contributed by atoms with Gasteiger partial charge in [0.05, 0.1) is 0 Å². The number of nitrogens with zero attached hydrogens (tertiary/aromatic N) is 2. The summed E-state index contributed by atoms with van der Waals surface area (Å²) in [6.45, 7) is 2.19. The summed E-state index contributed by atoms with van der Waals surface area (Å²) in [4.78, 5) is 6.54. The smallest absolute Gasteiger partial charge is 0.0447 e. The summed E-state index contributed by atoms with van der Waals surface area (Å²) in [5, 5.41) is 9.28. The molecule has 0 saturated carbocycles. The van der Waals surface area contributed by atoms with Crippen molar-refractivity contribution in [2.75, 3.05) is 20.1 Å². The van der Waals surface area contributed by atoms with E-state index in [4.69, 9.17) is 16.8 Å². The number of aromatic nitrogens is 1. The highest BCUT2D eigenvalue weighted by atomic mass is 35.5. The fourth-order valence-electron chi connectivity index (χ4n) is 2.45. The van der Waals surface area contributed by atoms with Crippen LogP contribution in [0.2, 0.25) is 5.02 Å². The van der Waals surface area contributed by atoms with Gasteiger partial charge in [0, 0.05) is 29.4 Å². The second-order valence-electron chi connectivity index (χ2n) is 5.83. The number of likely N-dealkylation sites (tertiary alicyclic amines) is 1. The number of hydrogen-bond acceptors (Lipinski definition) is 4. The van der Waals surface area contributed by atoms with E-state index in [0.29, 0.717) is 6.04 Å². The van der Waals surface area contributed by atoms with Crippen molar-refractivity contribution in [3.05, 3.63) is 64.9 Å². The predicted molar refractivity (Wildman–Crippen MR) is 93.9 cm³/mol. The Bertz CT molecular complexity index is 554. The van der Waals surface area contributed by atoms with Gasteiger partial charge in [-0.2, -0.15) is 0 Å². The number of pyridine rings is 1. The number of piperidine rings is 1. The summed E-state index contributed by atoms with van der Waals surface area (Å²) in [6.07, 6.45) is 4.79. The third-order valence-electron chi connectivity index (χ3n) is 3.93. The van der Waals surface area contributed by atoms with Crippen LogP contribution >= 0.6 is 11.6 Å². The lowest BCUT2D eigenvalue weighted by molar-refractivity contribution is 0.0896. The van der Waals surface area contributed by atoms with Gasteiger partial charge in [-0.1, -0.05) is 29.8 Å². The van der Waals surface area contributed by atoms with Crippen LogP contribution in [0.1, 0.15) is 24.1 Å². The van der Waals surface area contributed by atoms with Gasteiger partial charge in [0.2, 0.25) is 0 Å². The maximum Gasteiger partial charge on any atom is 0.0447 e. The quantitative estimate of drug-likeness (QED) is 0.845. The first kappa shape index (κ1) is 17.9. The zero-order valence-corrected chi connectivity index (χ0v) is 14.2. The molecule has 1 fully saturated rings. The lowest BCUT2D eigenvalue weighted by Crippen LogP contribution is -2.39. The van der Waals surface area contributed by atoms with Crippen molar-refractivity contribution in [3.8, 4) is 0 Å². The van der Waals surface area contributed by atoms with Crippen LogP contribution in [0.4, 0.5) is 0 Å². The molecule has 4 nitrogen and oxygen atoms in total. The predicted octanol–water partition coefficient (Wildman–Crippen LogP) is 3.39. The van der Waals surface area contributed by atoms with E-state index in [0.717, 1.165) is 43.1 Å². The molecule has 1 aromatic heterocycles. The zero-order chi connectivity index (χ0) is 16.5. The largest absolute Gasteiger partial charge is 0.317 e. The SMILES string of the molecule is CN1CCC(NO)CC1.Clc1ccc(Cc2ccccn2)cc1. The van der Waals surface area contributed by atoms with Gasteiger partial charge >= 0.3 is 0 Å². The van der Waals surface area contributed by atoms with Crippen molar-refractivity contribution in [3.63, 3.8) is 0 Å². The number of halogens is 1. The van der Waals surface area contributed by atoms with E-state index in [-0.39, 0.29) is 0 Å². The van der Waals surface area contributed by atoms with Crippen LogP contribution in [-0.2, 0) is 6.42 Å². The highest BCUT2D eigenvalue weighted by Crippen LogP contribution is 2.12. The van der Waals surface area contributed by atoms with Gasteiger partial charge in [0.15, 0.2) is 0 Å².